The first-order chi connectivity index (χ1) is 6.90. The molecule has 0 saturated carbocycles. The molecule has 2 rings (SSSR count). The van der Waals surface area contributed by atoms with Gasteiger partial charge >= 0.3 is 0 Å². The van der Waals surface area contributed by atoms with Crippen LogP contribution in [0.2, 0.25) is 0 Å². The Kier molecular flexibility index (Phi) is 3.04. The highest BCUT2D eigenvalue weighted by atomic mass is 16.5. The Hall–Kier alpha value is -1.02. The van der Waals surface area contributed by atoms with Crippen LogP contribution in [0.5, 0.6) is 5.75 Å². The molecule has 2 nitrogen and oxygen atoms in total. The molecule has 1 aromatic carbocycles. The summed E-state index contributed by atoms with van der Waals surface area (Å²) in [6.45, 7) is 1.17. The summed E-state index contributed by atoms with van der Waals surface area (Å²) < 4.78 is 5.33. The lowest BCUT2D eigenvalue weighted by Crippen LogP contribution is -2.23. The van der Waals surface area contributed by atoms with E-state index in [9.17, 15) is 0 Å². The first-order valence-corrected chi connectivity index (χ1v) is 5.25. The van der Waals surface area contributed by atoms with Crippen molar-refractivity contribution in [3.63, 3.8) is 0 Å². The van der Waals surface area contributed by atoms with Crippen LogP contribution < -0.4 is 10.1 Å². The number of methoxy groups -OCH3 is 1. The molecule has 1 fully saturated rings. The minimum Gasteiger partial charge on any atom is -0.496 e. The third-order valence-electron chi connectivity index (χ3n) is 2.82. The SMILES string of the molecule is COc1ccccc1C[C@H]1CCCN1. The number of para-hydroxylation sites is 1. The Morgan fingerprint density at radius 3 is 3.00 bits per heavy atom. The van der Waals surface area contributed by atoms with E-state index in [0.717, 1.165) is 12.2 Å². The van der Waals surface area contributed by atoms with Crippen molar-refractivity contribution >= 4 is 0 Å². The Balaban J connectivity index is 2.07. The van der Waals surface area contributed by atoms with Crippen LogP contribution in [0.25, 0.3) is 0 Å². The molecule has 0 radical (unpaired) electrons. The molecule has 0 aliphatic carbocycles. The van der Waals surface area contributed by atoms with Crippen LogP contribution in [0.4, 0.5) is 0 Å². The summed E-state index contributed by atoms with van der Waals surface area (Å²) in [6.07, 6.45) is 3.68. The average Bonchev–Trinajstić information content (AvgIpc) is 2.71. The second-order valence-corrected chi connectivity index (χ2v) is 3.81. The lowest BCUT2D eigenvalue weighted by atomic mass is 10.0. The first-order valence-electron chi connectivity index (χ1n) is 5.25. The second kappa shape index (κ2) is 4.47. The van der Waals surface area contributed by atoms with Gasteiger partial charge in [-0.1, -0.05) is 18.2 Å². The molecule has 1 atom stereocenters. The van der Waals surface area contributed by atoms with E-state index in [4.69, 9.17) is 4.74 Å². The van der Waals surface area contributed by atoms with E-state index in [1.165, 1.54) is 24.9 Å². The predicted molar refractivity (Wildman–Crippen MR) is 57.7 cm³/mol. The van der Waals surface area contributed by atoms with E-state index >= 15 is 0 Å². The number of benzene rings is 1. The quantitative estimate of drug-likeness (QED) is 0.789. The third-order valence-corrected chi connectivity index (χ3v) is 2.82. The summed E-state index contributed by atoms with van der Waals surface area (Å²) >= 11 is 0. The Morgan fingerprint density at radius 1 is 1.43 bits per heavy atom. The van der Waals surface area contributed by atoms with E-state index in [0.29, 0.717) is 6.04 Å². The fourth-order valence-electron chi connectivity index (χ4n) is 2.07. The summed E-state index contributed by atoms with van der Waals surface area (Å²) in [5.74, 6) is 1.02. The zero-order valence-corrected chi connectivity index (χ0v) is 8.62. The molecule has 0 spiro atoms. The van der Waals surface area contributed by atoms with Gasteiger partial charge in [0.05, 0.1) is 7.11 Å². The average molecular weight is 191 g/mol. The predicted octanol–water partition coefficient (Wildman–Crippen LogP) is 1.99. The van der Waals surface area contributed by atoms with Crippen molar-refractivity contribution in [3.05, 3.63) is 29.8 Å². The number of hydrogen-bond donors (Lipinski definition) is 1. The molecule has 0 amide bonds. The normalized spacial score (nSPS) is 21.1. The van der Waals surface area contributed by atoms with Crippen molar-refractivity contribution in [1.82, 2.24) is 5.32 Å². The molecule has 0 bridgehead atoms. The van der Waals surface area contributed by atoms with Crippen LogP contribution in [-0.4, -0.2) is 19.7 Å². The smallest absolute Gasteiger partial charge is 0.122 e. The summed E-state index contributed by atoms with van der Waals surface area (Å²) in [4.78, 5) is 0. The van der Waals surface area contributed by atoms with Crippen LogP contribution in [0.15, 0.2) is 24.3 Å². The van der Waals surface area contributed by atoms with Crippen molar-refractivity contribution in [2.75, 3.05) is 13.7 Å². The number of rotatable bonds is 3. The van der Waals surface area contributed by atoms with Crippen molar-refractivity contribution in [2.45, 2.75) is 25.3 Å². The maximum atomic E-state index is 5.33. The summed E-state index contributed by atoms with van der Waals surface area (Å²) in [5.41, 5.74) is 1.31. The lowest BCUT2D eigenvalue weighted by Gasteiger charge is -2.12. The minimum atomic E-state index is 0.645. The van der Waals surface area contributed by atoms with Crippen molar-refractivity contribution in [3.8, 4) is 5.75 Å². The maximum Gasteiger partial charge on any atom is 0.122 e. The fourth-order valence-corrected chi connectivity index (χ4v) is 2.07. The highest BCUT2D eigenvalue weighted by Crippen LogP contribution is 2.21. The van der Waals surface area contributed by atoms with Gasteiger partial charge in [-0.05, 0) is 37.4 Å². The molecule has 0 unspecified atom stereocenters. The Bertz CT molecular complexity index is 292. The molecule has 1 saturated heterocycles. The van der Waals surface area contributed by atoms with E-state index in [2.05, 4.69) is 17.4 Å². The molecular formula is C12H17NO. The molecule has 1 aromatic rings. The van der Waals surface area contributed by atoms with Crippen LogP contribution in [0.1, 0.15) is 18.4 Å². The third kappa shape index (κ3) is 2.07. The van der Waals surface area contributed by atoms with Gasteiger partial charge in [0.2, 0.25) is 0 Å². The lowest BCUT2D eigenvalue weighted by molar-refractivity contribution is 0.407. The van der Waals surface area contributed by atoms with Gasteiger partial charge in [0.1, 0.15) is 5.75 Å². The Labute approximate surface area is 85.3 Å². The molecule has 76 valence electrons. The summed E-state index contributed by atoms with van der Waals surface area (Å²) in [7, 11) is 1.74. The number of hydrogen-bond acceptors (Lipinski definition) is 2. The fraction of sp³-hybridized carbons (Fsp3) is 0.500. The highest BCUT2D eigenvalue weighted by molar-refractivity contribution is 5.33. The number of ether oxygens (including phenoxy) is 1. The van der Waals surface area contributed by atoms with E-state index in [1.807, 2.05) is 12.1 Å². The molecule has 2 heteroatoms. The minimum absolute atomic E-state index is 0.645. The van der Waals surface area contributed by atoms with Gasteiger partial charge in [-0.15, -0.1) is 0 Å². The summed E-state index contributed by atoms with van der Waals surface area (Å²) in [5, 5.41) is 3.50. The number of nitrogens with one attached hydrogen (secondary N) is 1. The maximum absolute atomic E-state index is 5.33. The standard InChI is InChI=1S/C12H17NO/c1-14-12-7-3-2-5-10(12)9-11-6-4-8-13-11/h2-3,5,7,11,13H,4,6,8-9H2,1H3/t11-/m1/s1. The van der Waals surface area contributed by atoms with Crippen molar-refractivity contribution < 1.29 is 4.74 Å². The molecule has 1 aliphatic rings. The zero-order chi connectivity index (χ0) is 9.80. The van der Waals surface area contributed by atoms with Crippen LogP contribution in [0, 0.1) is 0 Å². The van der Waals surface area contributed by atoms with Crippen molar-refractivity contribution in [1.29, 1.82) is 0 Å². The monoisotopic (exact) mass is 191 g/mol. The van der Waals surface area contributed by atoms with Gasteiger partial charge in [0.15, 0.2) is 0 Å². The van der Waals surface area contributed by atoms with Gasteiger partial charge in [-0.25, -0.2) is 0 Å². The van der Waals surface area contributed by atoms with Gasteiger partial charge in [0.25, 0.3) is 0 Å². The van der Waals surface area contributed by atoms with Gasteiger partial charge in [-0.3, -0.25) is 0 Å². The van der Waals surface area contributed by atoms with Gasteiger partial charge in [0, 0.05) is 6.04 Å². The summed E-state index contributed by atoms with van der Waals surface area (Å²) in [6, 6.07) is 8.92. The van der Waals surface area contributed by atoms with E-state index in [1.54, 1.807) is 7.11 Å². The topological polar surface area (TPSA) is 21.3 Å². The van der Waals surface area contributed by atoms with Crippen LogP contribution in [-0.2, 0) is 6.42 Å². The molecular weight excluding hydrogens is 174 g/mol. The first kappa shape index (κ1) is 9.53. The molecule has 14 heavy (non-hydrogen) atoms. The van der Waals surface area contributed by atoms with Gasteiger partial charge in [-0.2, -0.15) is 0 Å². The van der Waals surface area contributed by atoms with Crippen LogP contribution in [0.3, 0.4) is 0 Å². The second-order valence-electron chi connectivity index (χ2n) is 3.81. The molecule has 1 aliphatic heterocycles. The molecule has 0 aromatic heterocycles. The van der Waals surface area contributed by atoms with E-state index in [-0.39, 0.29) is 0 Å². The van der Waals surface area contributed by atoms with Crippen LogP contribution >= 0.6 is 0 Å². The molecule has 1 heterocycles. The Morgan fingerprint density at radius 2 is 2.29 bits per heavy atom. The van der Waals surface area contributed by atoms with E-state index < -0.39 is 0 Å². The van der Waals surface area contributed by atoms with Gasteiger partial charge < -0.3 is 10.1 Å². The van der Waals surface area contributed by atoms with Crippen molar-refractivity contribution in [2.24, 2.45) is 0 Å². The highest BCUT2D eigenvalue weighted by Gasteiger charge is 2.15. The zero-order valence-electron chi connectivity index (χ0n) is 8.62. The molecule has 1 N–H and O–H groups in total. The largest absolute Gasteiger partial charge is 0.496 e.